The molecule has 2 amide bonds. The van der Waals surface area contributed by atoms with Crippen molar-refractivity contribution < 1.29 is 14.0 Å². The van der Waals surface area contributed by atoms with Crippen LogP contribution in [0.1, 0.15) is 28.8 Å². The van der Waals surface area contributed by atoms with Gasteiger partial charge in [0.15, 0.2) is 0 Å². The minimum absolute atomic E-state index is 0. The molecular weight excluding hydrogens is 419 g/mol. The van der Waals surface area contributed by atoms with Gasteiger partial charge in [-0.15, -0.1) is 17.5 Å². The van der Waals surface area contributed by atoms with Gasteiger partial charge in [0.1, 0.15) is 5.82 Å². The fourth-order valence-electron chi connectivity index (χ4n) is 4.10. The highest BCUT2D eigenvalue weighted by molar-refractivity contribution is 5.95. The van der Waals surface area contributed by atoms with Crippen molar-refractivity contribution in [2.45, 2.75) is 25.3 Å². The summed E-state index contributed by atoms with van der Waals surface area (Å²) >= 11 is 0. The van der Waals surface area contributed by atoms with Crippen molar-refractivity contribution in [2.75, 3.05) is 19.6 Å². The summed E-state index contributed by atoms with van der Waals surface area (Å²) < 4.78 is 14.4. The van der Waals surface area contributed by atoms with Gasteiger partial charge in [0.05, 0.1) is 17.2 Å². The number of fused-ring (bicyclic) bond motifs is 1. The van der Waals surface area contributed by atoms with Crippen molar-refractivity contribution in [1.29, 1.82) is 0 Å². The maximum absolute atomic E-state index is 14.4. The van der Waals surface area contributed by atoms with E-state index >= 15 is 0 Å². The van der Waals surface area contributed by atoms with Gasteiger partial charge in [0, 0.05) is 38.0 Å². The Bertz CT molecular complexity index is 1020. The van der Waals surface area contributed by atoms with Gasteiger partial charge in [-0.2, -0.15) is 5.11 Å². The zero-order chi connectivity index (χ0) is 20.7. The Balaban J connectivity index is 0.00000231. The maximum Gasteiger partial charge on any atom is 0.275 e. The van der Waals surface area contributed by atoms with E-state index in [1.165, 1.54) is 18.9 Å². The highest BCUT2D eigenvalue weighted by Gasteiger charge is 2.34. The number of halogens is 2. The van der Waals surface area contributed by atoms with Crippen molar-refractivity contribution in [3.63, 3.8) is 0 Å². The lowest BCUT2D eigenvalue weighted by atomic mass is 9.89. The van der Waals surface area contributed by atoms with Crippen molar-refractivity contribution in [2.24, 2.45) is 22.1 Å². The van der Waals surface area contributed by atoms with Crippen LogP contribution in [0.4, 0.5) is 4.39 Å². The molecule has 162 valence electrons. The molecule has 0 bridgehead atoms. The number of hydrogen-bond acceptors (Lipinski definition) is 4. The number of likely N-dealkylation sites (tertiary alicyclic amines) is 1. The van der Waals surface area contributed by atoms with Gasteiger partial charge in [0.25, 0.3) is 11.8 Å². The van der Waals surface area contributed by atoms with Gasteiger partial charge in [-0.05, 0) is 36.1 Å². The first-order chi connectivity index (χ1) is 14.6. The van der Waals surface area contributed by atoms with E-state index in [1.54, 1.807) is 23.1 Å². The predicted molar refractivity (Wildman–Crippen MR) is 116 cm³/mol. The molecule has 31 heavy (non-hydrogen) atoms. The van der Waals surface area contributed by atoms with Crippen LogP contribution >= 0.6 is 12.4 Å². The lowest BCUT2D eigenvalue weighted by molar-refractivity contribution is -0.120. The van der Waals surface area contributed by atoms with Gasteiger partial charge in [-0.3, -0.25) is 9.59 Å². The number of carbonyl (C=O) groups is 2. The Labute approximate surface area is 186 Å². The highest BCUT2D eigenvalue weighted by atomic mass is 35.5. The lowest BCUT2D eigenvalue weighted by Crippen LogP contribution is -2.53. The van der Waals surface area contributed by atoms with Crippen LogP contribution in [0, 0.1) is 17.7 Å². The van der Waals surface area contributed by atoms with Crippen LogP contribution in [0.2, 0.25) is 0 Å². The summed E-state index contributed by atoms with van der Waals surface area (Å²) in [5.41, 5.74) is 2.33. The summed E-state index contributed by atoms with van der Waals surface area (Å²) in [5.74, 6) is -1.04. The number of benzene rings is 1. The first-order valence-electron chi connectivity index (χ1n) is 10.4. The van der Waals surface area contributed by atoms with E-state index in [0.29, 0.717) is 37.2 Å². The van der Waals surface area contributed by atoms with E-state index in [1.807, 2.05) is 18.2 Å². The molecule has 2 fully saturated rings. The summed E-state index contributed by atoms with van der Waals surface area (Å²) in [6.07, 6.45) is 10.2. The second-order valence-corrected chi connectivity index (χ2v) is 8.41. The molecule has 1 aromatic carbocycles. The van der Waals surface area contributed by atoms with Gasteiger partial charge in [-0.25, -0.2) is 4.39 Å². The molecule has 1 N–H and O–H groups in total. The average Bonchev–Trinajstić information content (AvgIpc) is 3.55. The van der Waals surface area contributed by atoms with E-state index in [-0.39, 0.29) is 29.8 Å². The summed E-state index contributed by atoms with van der Waals surface area (Å²) in [5, 5.41) is 11.3. The average molecular weight is 443 g/mol. The lowest BCUT2D eigenvalue weighted by Gasteiger charge is -2.39. The monoisotopic (exact) mass is 442 g/mol. The topological polar surface area (TPSA) is 74.1 Å². The highest BCUT2D eigenvalue weighted by Crippen LogP contribution is 2.31. The third-order valence-corrected chi connectivity index (χ3v) is 6.04. The molecule has 2 heterocycles. The van der Waals surface area contributed by atoms with E-state index in [4.69, 9.17) is 0 Å². The second-order valence-electron chi connectivity index (χ2n) is 8.41. The predicted octanol–water partition coefficient (Wildman–Crippen LogP) is 3.60. The molecule has 4 aliphatic rings. The molecule has 0 radical (unpaired) electrons. The zero-order valence-corrected chi connectivity index (χ0v) is 17.8. The zero-order valence-electron chi connectivity index (χ0n) is 17.0. The number of carbonyl (C=O) groups excluding carboxylic acids is 2. The number of hydrogen-bond donors (Lipinski definition) is 1. The second kappa shape index (κ2) is 8.85. The third kappa shape index (κ3) is 4.52. The van der Waals surface area contributed by atoms with E-state index in [9.17, 15) is 14.0 Å². The van der Waals surface area contributed by atoms with Crippen LogP contribution in [-0.4, -0.2) is 42.4 Å². The molecule has 8 heteroatoms. The van der Waals surface area contributed by atoms with Crippen molar-refractivity contribution in [1.82, 2.24) is 10.2 Å². The Kier molecular flexibility index (Phi) is 6.16. The number of nitrogens with zero attached hydrogens (tertiary/aromatic N) is 3. The maximum atomic E-state index is 14.4. The van der Waals surface area contributed by atoms with E-state index < -0.39 is 11.7 Å². The SMILES string of the molecule is Cl.O=C1N=NC(Cc2ccc(F)c(C(=O)N3CC(CNC4CC4)C3)c2)=C2C=CC=CC12. The largest absolute Gasteiger partial charge is 0.338 e. The normalized spacial score (nSPS) is 22.3. The quantitative estimate of drug-likeness (QED) is 0.731. The van der Waals surface area contributed by atoms with Gasteiger partial charge in [0.2, 0.25) is 0 Å². The summed E-state index contributed by atoms with van der Waals surface area (Å²) in [6, 6.07) is 5.24. The molecule has 0 spiro atoms. The summed E-state index contributed by atoms with van der Waals surface area (Å²) in [6.45, 7) is 2.24. The minimum atomic E-state index is -0.514. The first kappa shape index (κ1) is 21.6. The smallest absolute Gasteiger partial charge is 0.275 e. The van der Waals surface area contributed by atoms with Crippen molar-refractivity contribution >= 4 is 24.2 Å². The Morgan fingerprint density at radius 3 is 2.77 bits per heavy atom. The Morgan fingerprint density at radius 2 is 2.00 bits per heavy atom. The van der Waals surface area contributed by atoms with Crippen molar-refractivity contribution in [3.05, 3.63) is 70.7 Å². The molecule has 1 aromatic rings. The fourth-order valence-corrected chi connectivity index (χ4v) is 4.10. The number of allylic oxidation sites excluding steroid dienone is 4. The van der Waals surface area contributed by atoms with Crippen LogP contribution < -0.4 is 5.32 Å². The molecule has 2 aliphatic carbocycles. The standard InChI is InChI=1S/C23H23FN4O2.ClH/c24-20-8-5-14(10-21-17-3-1-2-4-18(17)22(29)27-26-21)9-19(20)23(30)28-12-15(13-28)11-25-16-6-7-16;/h1-5,8-9,15-16,18,25H,6-7,10-13H2;1H. The van der Waals surface area contributed by atoms with Crippen LogP contribution in [0.5, 0.6) is 0 Å². The van der Waals surface area contributed by atoms with Crippen LogP contribution in [-0.2, 0) is 11.2 Å². The molecule has 1 saturated carbocycles. The van der Waals surface area contributed by atoms with Gasteiger partial charge >= 0.3 is 0 Å². The van der Waals surface area contributed by atoms with Gasteiger partial charge in [-0.1, -0.05) is 30.4 Å². The molecule has 5 rings (SSSR count). The summed E-state index contributed by atoms with van der Waals surface area (Å²) in [4.78, 5) is 26.5. The van der Waals surface area contributed by atoms with E-state index in [0.717, 1.165) is 17.7 Å². The molecule has 1 unspecified atom stereocenters. The number of nitrogens with one attached hydrogen (secondary N) is 1. The first-order valence-corrected chi connectivity index (χ1v) is 10.4. The number of rotatable bonds is 6. The van der Waals surface area contributed by atoms with Crippen LogP contribution in [0.25, 0.3) is 0 Å². The Morgan fingerprint density at radius 1 is 1.19 bits per heavy atom. The Hall–Kier alpha value is -2.64. The minimum Gasteiger partial charge on any atom is -0.338 e. The third-order valence-electron chi connectivity index (χ3n) is 6.04. The fraction of sp³-hybridized carbons (Fsp3) is 0.391. The molecule has 1 atom stereocenters. The molecule has 0 aromatic heterocycles. The van der Waals surface area contributed by atoms with Crippen LogP contribution in [0.3, 0.4) is 0 Å². The van der Waals surface area contributed by atoms with E-state index in [2.05, 4.69) is 15.5 Å². The summed E-state index contributed by atoms with van der Waals surface area (Å²) in [7, 11) is 0. The van der Waals surface area contributed by atoms with Crippen LogP contribution in [0.15, 0.2) is 64.0 Å². The van der Waals surface area contributed by atoms with Crippen molar-refractivity contribution in [3.8, 4) is 0 Å². The number of amides is 2. The molecular formula is C23H24ClFN4O2. The molecule has 2 aliphatic heterocycles. The number of azo groups is 1. The van der Waals surface area contributed by atoms with Gasteiger partial charge < -0.3 is 10.2 Å². The molecule has 6 nitrogen and oxygen atoms in total. The molecule has 1 saturated heterocycles.